The molecule has 0 aliphatic heterocycles. The van der Waals surface area contributed by atoms with Gasteiger partial charge in [0.15, 0.2) is 5.50 Å². The van der Waals surface area contributed by atoms with Crippen molar-refractivity contribution in [3.8, 4) is 0 Å². The van der Waals surface area contributed by atoms with Crippen molar-refractivity contribution < 1.29 is 9.90 Å². The first kappa shape index (κ1) is 7.72. The van der Waals surface area contributed by atoms with E-state index >= 15 is 0 Å². The van der Waals surface area contributed by atoms with Gasteiger partial charge >= 0.3 is 5.97 Å². The van der Waals surface area contributed by atoms with E-state index in [0.29, 0.717) is 0 Å². The van der Waals surface area contributed by atoms with Crippen LogP contribution in [0, 0.1) is 0 Å². The van der Waals surface area contributed by atoms with Crippen LogP contribution < -0.4 is 0 Å². The second kappa shape index (κ2) is 2.89. The van der Waals surface area contributed by atoms with Crippen molar-refractivity contribution in [3.05, 3.63) is 0 Å². The molecule has 0 radical (unpaired) electrons. The summed E-state index contributed by atoms with van der Waals surface area (Å²) >= 11 is 5.28. The summed E-state index contributed by atoms with van der Waals surface area (Å²) < 4.78 is 0. The highest BCUT2D eigenvalue weighted by Gasteiger charge is 2.14. The third kappa shape index (κ3) is 2.14. The van der Waals surface area contributed by atoms with Crippen LogP contribution >= 0.6 is 11.6 Å². The van der Waals surface area contributed by atoms with Gasteiger partial charge in [-0.05, 0) is 14.1 Å². The molecule has 8 heavy (non-hydrogen) atoms. The Morgan fingerprint density at radius 1 is 1.75 bits per heavy atom. The number of likely N-dealkylation sites (N-methyl/N-ethyl adjacent to an activating group) is 1. The number of aliphatic carboxylic acids is 1. The van der Waals surface area contributed by atoms with Crippen LogP contribution in [-0.4, -0.2) is 35.6 Å². The second-order valence-corrected chi connectivity index (χ2v) is 2.05. The molecular weight excluding hydrogens is 130 g/mol. The maximum Gasteiger partial charge on any atom is 0.336 e. The molecule has 4 heteroatoms. The quantitative estimate of drug-likeness (QED) is 0.437. The van der Waals surface area contributed by atoms with Crippen molar-refractivity contribution in [1.82, 2.24) is 4.90 Å². The highest BCUT2D eigenvalue weighted by molar-refractivity contribution is 6.29. The summed E-state index contributed by atoms with van der Waals surface area (Å²) in [5.74, 6) is -1.02. The van der Waals surface area contributed by atoms with Crippen LogP contribution in [0.3, 0.4) is 0 Å². The minimum Gasteiger partial charge on any atom is -0.479 e. The predicted molar refractivity (Wildman–Crippen MR) is 31.0 cm³/mol. The van der Waals surface area contributed by atoms with Crippen LogP contribution in [0.15, 0.2) is 0 Å². The normalized spacial score (nSPS) is 14.0. The lowest BCUT2D eigenvalue weighted by Crippen LogP contribution is -2.29. The van der Waals surface area contributed by atoms with Crippen molar-refractivity contribution in [1.29, 1.82) is 0 Å². The molecule has 48 valence electrons. The summed E-state index contributed by atoms with van der Waals surface area (Å²) in [7, 11) is 3.21. The summed E-state index contributed by atoms with van der Waals surface area (Å²) in [6, 6.07) is 0. The van der Waals surface area contributed by atoms with E-state index in [-0.39, 0.29) is 0 Å². The van der Waals surface area contributed by atoms with Gasteiger partial charge in [-0.1, -0.05) is 11.6 Å². The molecule has 0 aromatic heterocycles. The number of alkyl halides is 1. The Labute approximate surface area is 52.9 Å². The van der Waals surface area contributed by atoms with Crippen LogP contribution in [0.25, 0.3) is 0 Å². The average molecular weight is 138 g/mol. The van der Waals surface area contributed by atoms with E-state index in [2.05, 4.69) is 0 Å². The van der Waals surface area contributed by atoms with Crippen molar-refractivity contribution >= 4 is 17.6 Å². The summed E-state index contributed by atoms with van der Waals surface area (Å²) in [6.45, 7) is 0. The maximum absolute atomic E-state index is 9.97. The number of carboxylic acid groups (broad SMARTS) is 1. The number of nitrogens with zero attached hydrogens (tertiary/aromatic N) is 1. The van der Waals surface area contributed by atoms with Gasteiger partial charge in [0, 0.05) is 0 Å². The van der Waals surface area contributed by atoms with Gasteiger partial charge < -0.3 is 5.11 Å². The SMILES string of the molecule is CN(C)C(Cl)C(=O)O. The number of carbonyl (C=O) groups is 1. The van der Waals surface area contributed by atoms with Gasteiger partial charge in [0.05, 0.1) is 0 Å². The third-order valence-electron chi connectivity index (χ3n) is 0.657. The first-order valence-corrected chi connectivity index (χ1v) is 2.52. The molecule has 0 aliphatic carbocycles. The molecular formula is C4H8ClNO2. The molecule has 1 N–H and O–H groups in total. The number of rotatable bonds is 2. The van der Waals surface area contributed by atoms with Crippen LogP contribution in [0.1, 0.15) is 0 Å². The van der Waals surface area contributed by atoms with Crippen molar-refractivity contribution in [3.63, 3.8) is 0 Å². The van der Waals surface area contributed by atoms with Crippen LogP contribution in [0.2, 0.25) is 0 Å². The third-order valence-corrected chi connectivity index (χ3v) is 1.23. The number of hydrogen-bond donors (Lipinski definition) is 1. The van der Waals surface area contributed by atoms with E-state index in [1.165, 1.54) is 4.90 Å². The van der Waals surface area contributed by atoms with Gasteiger partial charge in [-0.3, -0.25) is 4.90 Å². The molecule has 1 unspecified atom stereocenters. The molecule has 3 nitrogen and oxygen atoms in total. The van der Waals surface area contributed by atoms with E-state index in [1.54, 1.807) is 14.1 Å². The highest BCUT2D eigenvalue weighted by atomic mass is 35.5. The van der Waals surface area contributed by atoms with E-state index in [0.717, 1.165) is 0 Å². The smallest absolute Gasteiger partial charge is 0.336 e. The van der Waals surface area contributed by atoms with Gasteiger partial charge in [0.1, 0.15) is 0 Å². The van der Waals surface area contributed by atoms with Crippen molar-refractivity contribution in [2.75, 3.05) is 14.1 Å². The molecule has 0 spiro atoms. The van der Waals surface area contributed by atoms with E-state index in [4.69, 9.17) is 16.7 Å². The van der Waals surface area contributed by atoms with Crippen LogP contribution in [-0.2, 0) is 4.79 Å². The lowest BCUT2D eigenvalue weighted by Gasteiger charge is -2.11. The fraction of sp³-hybridized carbons (Fsp3) is 0.750. The molecule has 0 saturated heterocycles. The summed E-state index contributed by atoms with van der Waals surface area (Å²) in [5.41, 5.74) is -0.907. The molecule has 0 aromatic carbocycles. The molecule has 0 aromatic rings. The Bertz CT molecular complexity index is 94.0. The first-order chi connectivity index (χ1) is 3.55. The number of hydrogen-bond acceptors (Lipinski definition) is 2. The molecule has 0 heterocycles. The Hall–Kier alpha value is -0.280. The van der Waals surface area contributed by atoms with Gasteiger partial charge in [0.25, 0.3) is 0 Å². The van der Waals surface area contributed by atoms with Crippen molar-refractivity contribution in [2.24, 2.45) is 0 Å². The summed E-state index contributed by atoms with van der Waals surface area (Å²) in [6.07, 6.45) is 0. The minimum absolute atomic E-state index is 0.907. The van der Waals surface area contributed by atoms with Gasteiger partial charge in [-0.15, -0.1) is 0 Å². The zero-order valence-electron chi connectivity index (χ0n) is 4.76. The Morgan fingerprint density at radius 2 is 2.12 bits per heavy atom. The maximum atomic E-state index is 9.97. The zero-order valence-corrected chi connectivity index (χ0v) is 5.51. The fourth-order valence-electron chi connectivity index (χ4n) is 0.221. The van der Waals surface area contributed by atoms with Crippen LogP contribution in [0.5, 0.6) is 0 Å². The topological polar surface area (TPSA) is 40.5 Å². The first-order valence-electron chi connectivity index (χ1n) is 2.09. The number of carboxylic acids is 1. The molecule has 0 saturated carbocycles. The number of halogens is 1. The standard InChI is InChI=1S/C4H8ClNO2/c1-6(2)3(5)4(7)8/h3H,1-2H3,(H,7,8). The minimum atomic E-state index is -1.02. The molecule has 0 bridgehead atoms. The Kier molecular flexibility index (Phi) is 2.79. The van der Waals surface area contributed by atoms with Crippen LogP contribution in [0.4, 0.5) is 0 Å². The lowest BCUT2D eigenvalue weighted by molar-refractivity contribution is -0.139. The summed E-state index contributed by atoms with van der Waals surface area (Å²) in [5, 5.41) is 8.18. The van der Waals surface area contributed by atoms with Gasteiger partial charge in [0.2, 0.25) is 0 Å². The van der Waals surface area contributed by atoms with E-state index < -0.39 is 11.5 Å². The monoisotopic (exact) mass is 137 g/mol. The Balaban J connectivity index is 3.64. The molecule has 0 rings (SSSR count). The largest absolute Gasteiger partial charge is 0.479 e. The zero-order chi connectivity index (χ0) is 6.73. The average Bonchev–Trinajstić information content (AvgIpc) is 1.64. The highest BCUT2D eigenvalue weighted by Crippen LogP contribution is 1.96. The van der Waals surface area contributed by atoms with Crippen molar-refractivity contribution in [2.45, 2.75) is 5.50 Å². The second-order valence-electron chi connectivity index (χ2n) is 1.64. The van der Waals surface area contributed by atoms with Gasteiger partial charge in [-0.2, -0.15) is 0 Å². The summed E-state index contributed by atoms with van der Waals surface area (Å²) in [4.78, 5) is 11.4. The predicted octanol–water partition coefficient (Wildman–Crippen LogP) is 0.197. The Morgan fingerprint density at radius 3 is 2.12 bits per heavy atom. The molecule has 0 fully saturated rings. The lowest BCUT2D eigenvalue weighted by atomic mass is 10.6. The molecule has 1 atom stereocenters. The molecule has 0 amide bonds. The van der Waals surface area contributed by atoms with E-state index in [1.807, 2.05) is 0 Å². The fourth-order valence-corrected chi connectivity index (χ4v) is 0.221. The molecule has 0 aliphatic rings. The van der Waals surface area contributed by atoms with E-state index in [9.17, 15) is 4.79 Å². The van der Waals surface area contributed by atoms with Gasteiger partial charge in [-0.25, -0.2) is 4.79 Å².